The van der Waals surface area contributed by atoms with Gasteiger partial charge >= 0.3 is 0 Å². The first kappa shape index (κ1) is 13.9. The second-order valence-corrected chi connectivity index (χ2v) is 7.55. The first-order valence-electron chi connectivity index (χ1n) is 7.11. The molecule has 2 aliphatic rings. The highest BCUT2D eigenvalue weighted by molar-refractivity contribution is 5.84. The van der Waals surface area contributed by atoms with E-state index in [1.165, 1.54) is 0 Å². The molecule has 1 aliphatic heterocycles. The molecule has 0 aromatic heterocycles. The Bertz CT molecular complexity index is 344. The van der Waals surface area contributed by atoms with Crippen molar-refractivity contribution in [2.45, 2.75) is 59.5 Å². The SMILES string of the molecule is CC1(O)CCCN(C(=O)C2C(C)(C)C2(C)C)CC1. The first-order valence-corrected chi connectivity index (χ1v) is 7.11. The lowest BCUT2D eigenvalue weighted by molar-refractivity contribution is -0.133. The molecule has 1 aliphatic carbocycles. The Morgan fingerprint density at radius 1 is 1.06 bits per heavy atom. The summed E-state index contributed by atoms with van der Waals surface area (Å²) in [6.07, 6.45) is 2.41. The van der Waals surface area contributed by atoms with Crippen LogP contribution in [0.15, 0.2) is 0 Å². The molecular formula is C15H27NO2. The molecule has 18 heavy (non-hydrogen) atoms. The van der Waals surface area contributed by atoms with Gasteiger partial charge in [-0.2, -0.15) is 0 Å². The summed E-state index contributed by atoms with van der Waals surface area (Å²) in [5, 5.41) is 10.1. The fraction of sp³-hybridized carbons (Fsp3) is 0.933. The number of amides is 1. The molecule has 1 saturated carbocycles. The Morgan fingerprint density at radius 2 is 1.61 bits per heavy atom. The number of carbonyl (C=O) groups excluding carboxylic acids is 1. The Labute approximate surface area is 111 Å². The van der Waals surface area contributed by atoms with Gasteiger partial charge in [-0.15, -0.1) is 0 Å². The van der Waals surface area contributed by atoms with E-state index < -0.39 is 5.60 Å². The molecule has 3 nitrogen and oxygen atoms in total. The minimum absolute atomic E-state index is 0.110. The zero-order valence-electron chi connectivity index (χ0n) is 12.4. The lowest BCUT2D eigenvalue weighted by Crippen LogP contribution is -2.35. The molecule has 2 fully saturated rings. The molecule has 0 radical (unpaired) electrons. The summed E-state index contributed by atoms with van der Waals surface area (Å²) < 4.78 is 0. The largest absolute Gasteiger partial charge is 0.390 e. The molecule has 1 N–H and O–H groups in total. The monoisotopic (exact) mass is 253 g/mol. The molecule has 0 bridgehead atoms. The van der Waals surface area contributed by atoms with Crippen molar-refractivity contribution in [1.82, 2.24) is 4.90 Å². The van der Waals surface area contributed by atoms with Gasteiger partial charge in [-0.05, 0) is 37.0 Å². The predicted octanol–water partition coefficient (Wildman–Crippen LogP) is 2.43. The highest BCUT2D eigenvalue weighted by Gasteiger charge is 2.68. The molecular weight excluding hydrogens is 226 g/mol. The average molecular weight is 253 g/mol. The van der Waals surface area contributed by atoms with Crippen molar-refractivity contribution < 1.29 is 9.90 Å². The van der Waals surface area contributed by atoms with Gasteiger partial charge in [0.05, 0.1) is 5.60 Å². The van der Waals surface area contributed by atoms with Crippen molar-refractivity contribution in [3.05, 3.63) is 0 Å². The third-order valence-corrected chi connectivity index (χ3v) is 5.64. The maximum absolute atomic E-state index is 12.6. The van der Waals surface area contributed by atoms with Crippen LogP contribution in [0.4, 0.5) is 0 Å². The Morgan fingerprint density at radius 3 is 2.11 bits per heavy atom. The van der Waals surface area contributed by atoms with Gasteiger partial charge in [0.15, 0.2) is 0 Å². The molecule has 1 amide bonds. The lowest BCUT2D eigenvalue weighted by Gasteiger charge is -2.23. The average Bonchev–Trinajstić information content (AvgIpc) is 2.70. The molecule has 0 aromatic rings. The van der Waals surface area contributed by atoms with Crippen LogP contribution in [0.3, 0.4) is 0 Å². The number of aliphatic hydroxyl groups is 1. The van der Waals surface area contributed by atoms with E-state index in [4.69, 9.17) is 0 Å². The molecule has 3 heteroatoms. The third-order valence-electron chi connectivity index (χ3n) is 5.64. The number of hydrogen-bond acceptors (Lipinski definition) is 2. The number of hydrogen-bond donors (Lipinski definition) is 1. The smallest absolute Gasteiger partial charge is 0.226 e. The van der Waals surface area contributed by atoms with Crippen LogP contribution in [0.25, 0.3) is 0 Å². The van der Waals surface area contributed by atoms with Crippen LogP contribution in [-0.2, 0) is 4.79 Å². The van der Waals surface area contributed by atoms with Crippen molar-refractivity contribution in [2.24, 2.45) is 16.7 Å². The van der Waals surface area contributed by atoms with E-state index in [1.54, 1.807) is 0 Å². The predicted molar refractivity (Wildman–Crippen MR) is 72.1 cm³/mol. The zero-order chi connectivity index (χ0) is 13.8. The van der Waals surface area contributed by atoms with Crippen LogP contribution in [0.5, 0.6) is 0 Å². The highest BCUT2D eigenvalue weighted by atomic mass is 16.3. The normalized spacial score (nSPS) is 35.1. The molecule has 1 unspecified atom stereocenters. The lowest BCUT2D eigenvalue weighted by atomic mass is 9.98. The van der Waals surface area contributed by atoms with Crippen molar-refractivity contribution in [2.75, 3.05) is 13.1 Å². The van der Waals surface area contributed by atoms with Gasteiger partial charge in [0.1, 0.15) is 0 Å². The standard InChI is InChI=1S/C15H27NO2/c1-13(2)11(14(13,3)4)12(17)16-9-6-7-15(5,18)8-10-16/h11,18H,6-10H2,1-5H3. The van der Waals surface area contributed by atoms with Gasteiger partial charge in [0, 0.05) is 19.0 Å². The van der Waals surface area contributed by atoms with E-state index in [9.17, 15) is 9.90 Å². The maximum atomic E-state index is 12.6. The molecule has 0 aromatic carbocycles. The van der Waals surface area contributed by atoms with E-state index in [2.05, 4.69) is 27.7 Å². The van der Waals surface area contributed by atoms with Gasteiger partial charge in [-0.3, -0.25) is 4.79 Å². The van der Waals surface area contributed by atoms with E-state index in [0.29, 0.717) is 18.9 Å². The van der Waals surface area contributed by atoms with E-state index in [1.807, 2.05) is 11.8 Å². The summed E-state index contributed by atoms with van der Waals surface area (Å²) in [6, 6.07) is 0. The van der Waals surface area contributed by atoms with Crippen LogP contribution in [0.2, 0.25) is 0 Å². The van der Waals surface area contributed by atoms with Gasteiger partial charge in [0.25, 0.3) is 0 Å². The number of likely N-dealkylation sites (tertiary alicyclic amines) is 1. The first-order chi connectivity index (χ1) is 8.09. The maximum Gasteiger partial charge on any atom is 0.226 e. The second-order valence-electron chi connectivity index (χ2n) is 7.55. The van der Waals surface area contributed by atoms with Crippen molar-refractivity contribution >= 4 is 5.91 Å². The topological polar surface area (TPSA) is 40.5 Å². The fourth-order valence-electron chi connectivity index (χ4n) is 3.48. The number of carbonyl (C=O) groups is 1. The van der Waals surface area contributed by atoms with E-state index in [-0.39, 0.29) is 16.7 Å². The number of nitrogens with zero attached hydrogens (tertiary/aromatic N) is 1. The molecule has 1 atom stereocenters. The minimum atomic E-state index is -0.594. The number of rotatable bonds is 1. The fourth-order valence-corrected chi connectivity index (χ4v) is 3.48. The summed E-state index contributed by atoms with van der Waals surface area (Å²) in [4.78, 5) is 14.6. The van der Waals surface area contributed by atoms with Crippen LogP contribution >= 0.6 is 0 Å². The molecule has 1 saturated heterocycles. The zero-order valence-corrected chi connectivity index (χ0v) is 12.4. The van der Waals surface area contributed by atoms with Gasteiger partial charge in [0.2, 0.25) is 5.91 Å². The molecule has 0 spiro atoms. The second kappa shape index (κ2) is 3.96. The van der Waals surface area contributed by atoms with Crippen LogP contribution in [0.1, 0.15) is 53.9 Å². The van der Waals surface area contributed by atoms with Crippen LogP contribution in [0, 0.1) is 16.7 Å². The Hall–Kier alpha value is -0.570. The summed E-state index contributed by atoms with van der Waals surface area (Å²) in [7, 11) is 0. The van der Waals surface area contributed by atoms with Gasteiger partial charge in [-0.25, -0.2) is 0 Å². The quantitative estimate of drug-likeness (QED) is 0.779. The van der Waals surface area contributed by atoms with Crippen LogP contribution in [-0.4, -0.2) is 34.6 Å². The summed E-state index contributed by atoms with van der Waals surface area (Å²) >= 11 is 0. The van der Waals surface area contributed by atoms with Crippen molar-refractivity contribution in [3.8, 4) is 0 Å². The molecule has 1 heterocycles. The van der Waals surface area contributed by atoms with E-state index in [0.717, 1.165) is 19.4 Å². The summed E-state index contributed by atoms with van der Waals surface area (Å²) in [5.41, 5.74) is -0.374. The molecule has 2 rings (SSSR count). The summed E-state index contributed by atoms with van der Waals surface area (Å²) in [5.74, 6) is 0.441. The summed E-state index contributed by atoms with van der Waals surface area (Å²) in [6.45, 7) is 12.1. The van der Waals surface area contributed by atoms with Crippen molar-refractivity contribution in [3.63, 3.8) is 0 Å². The highest BCUT2D eigenvalue weighted by Crippen LogP contribution is 2.68. The third kappa shape index (κ3) is 2.07. The Balaban J connectivity index is 2.04. The van der Waals surface area contributed by atoms with E-state index >= 15 is 0 Å². The molecule has 104 valence electrons. The minimum Gasteiger partial charge on any atom is -0.390 e. The van der Waals surface area contributed by atoms with Crippen LogP contribution < -0.4 is 0 Å². The van der Waals surface area contributed by atoms with Crippen molar-refractivity contribution in [1.29, 1.82) is 0 Å². The van der Waals surface area contributed by atoms with Gasteiger partial charge < -0.3 is 10.0 Å². The Kier molecular flexibility index (Phi) is 3.05. The van der Waals surface area contributed by atoms with Gasteiger partial charge in [-0.1, -0.05) is 27.7 Å².